The van der Waals surface area contributed by atoms with Crippen molar-refractivity contribution in [3.8, 4) is 0 Å². The van der Waals surface area contributed by atoms with Crippen molar-refractivity contribution in [1.29, 1.82) is 0 Å². The van der Waals surface area contributed by atoms with Crippen LogP contribution in [0.5, 0.6) is 0 Å². The minimum atomic E-state index is 0. The molecule has 0 aromatic heterocycles. The van der Waals surface area contributed by atoms with Crippen LogP contribution in [0.15, 0.2) is 26.9 Å². The van der Waals surface area contributed by atoms with Gasteiger partial charge in [-0.1, -0.05) is 6.07 Å². The molecule has 0 atom stereocenters. The molecular formula is C14H20ClN5OS. The van der Waals surface area contributed by atoms with E-state index in [0.29, 0.717) is 12.5 Å². The zero-order chi connectivity index (χ0) is 14.7. The molecule has 0 saturated carbocycles. The standard InChI is InChI=1S/C14H19N5OS.ClH/c15-8-10-4-6-19(7-5-10)9-13(20)16-11-2-1-3-12-14(11)18-21-17-12;/h1-3,10H,4-9,15H2,(H,16,20);1H. The topological polar surface area (TPSA) is 83.1 Å². The first-order chi connectivity index (χ1) is 10.3. The maximum Gasteiger partial charge on any atom is 0.238 e. The van der Waals surface area contributed by atoms with Crippen LogP contribution in [-0.2, 0) is 16.1 Å². The van der Waals surface area contributed by atoms with Crippen molar-refractivity contribution in [2.45, 2.75) is 12.8 Å². The molecular weight excluding hydrogens is 322 g/mol. The van der Waals surface area contributed by atoms with Crippen molar-refractivity contribution >= 4 is 46.7 Å². The van der Waals surface area contributed by atoms with Crippen molar-refractivity contribution in [2.24, 2.45) is 20.4 Å². The predicted molar refractivity (Wildman–Crippen MR) is 92.1 cm³/mol. The Balaban J connectivity index is 0.00000176. The van der Waals surface area contributed by atoms with Gasteiger partial charge in [0.2, 0.25) is 5.91 Å². The van der Waals surface area contributed by atoms with Gasteiger partial charge in [-0.05, 0) is 50.5 Å². The Labute approximate surface area is 139 Å². The molecule has 1 fully saturated rings. The molecule has 0 aliphatic carbocycles. The zero-order valence-electron chi connectivity index (χ0n) is 12.2. The van der Waals surface area contributed by atoms with E-state index in [-0.39, 0.29) is 18.3 Å². The molecule has 2 heterocycles. The van der Waals surface area contributed by atoms with E-state index in [1.54, 1.807) is 0 Å². The number of likely N-dealkylation sites (tertiary alicyclic amines) is 1. The number of nitrogens with zero attached hydrogens (tertiary/aromatic N) is 3. The first-order valence-corrected chi connectivity index (χ1v) is 7.93. The summed E-state index contributed by atoms with van der Waals surface area (Å²) in [6.07, 6.45) is 2.16. The lowest BCUT2D eigenvalue weighted by Gasteiger charge is -2.30. The molecule has 6 nitrogen and oxygen atoms in total. The molecule has 0 unspecified atom stereocenters. The molecule has 0 bridgehead atoms. The predicted octanol–water partition coefficient (Wildman–Crippen LogP) is 2.44. The van der Waals surface area contributed by atoms with Crippen LogP contribution < -0.4 is 11.1 Å². The monoisotopic (exact) mass is 341 g/mol. The molecule has 8 heteroatoms. The van der Waals surface area contributed by atoms with Crippen molar-refractivity contribution in [2.75, 3.05) is 31.5 Å². The molecule has 1 aromatic carbocycles. The molecule has 0 radical (unpaired) electrons. The Kier molecular flexibility index (Phi) is 6.07. The van der Waals surface area contributed by atoms with Gasteiger partial charge in [0.05, 0.1) is 23.6 Å². The molecule has 3 rings (SSSR count). The highest BCUT2D eigenvalue weighted by atomic mass is 35.5. The number of halogens is 1. The van der Waals surface area contributed by atoms with Crippen LogP contribution in [0, 0.1) is 5.92 Å². The zero-order valence-corrected chi connectivity index (χ0v) is 13.8. The van der Waals surface area contributed by atoms with Crippen LogP contribution in [0.1, 0.15) is 12.8 Å². The molecule has 2 aliphatic rings. The summed E-state index contributed by atoms with van der Waals surface area (Å²) in [5, 5.41) is 2.94. The third-order valence-electron chi connectivity index (χ3n) is 3.97. The van der Waals surface area contributed by atoms with Crippen molar-refractivity contribution < 1.29 is 4.79 Å². The SMILES string of the molecule is Cl.NCC1CCN(CC(=O)Nc2cccc3c2N=S=N3)CC1. The number of amides is 1. The fraction of sp³-hybridized carbons (Fsp3) is 0.500. The van der Waals surface area contributed by atoms with E-state index in [1.165, 1.54) is 0 Å². The molecule has 1 amide bonds. The van der Waals surface area contributed by atoms with Crippen LogP contribution in [0.2, 0.25) is 0 Å². The number of nitrogens with one attached hydrogen (secondary N) is 1. The Hall–Kier alpha value is -1.28. The van der Waals surface area contributed by atoms with Gasteiger partial charge in [-0.3, -0.25) is 9.69 Å². The van der Waals surface area contributed by atoms with Gasteiger partial charge in [-0.2, -0.15) is 8.73 Å². The van der Waals surface area contributed by atoms with Gasteiger partial charge < -0.3 is 11.1 Å². The lowest BCUT2D eigenvalue weighted by atomic mass is 9.97. The Morgan fingerprint density at radius 3 is 2.86 bits per heavy atom. The normalized spacial score (nSPS) is 17.5. The molecule has 0 spiro atoms. The highest BCUT2D eigenvalue weighted by Gasteiger charge is 2.20. The lowest BCUT2D eigenvalue weighted by Crippen LogP contribution is -2.40. The number of rotatable bonds is 4. The van der Waals surface area contributed by atoms with E-state index in [4.69, 9.17) is 5.73 Å². The second-order valence-electron chi connectivity index (χ2n) is 5.44. The molecule has 22 heavy (non-hydrogen) atoms. The molecule has 1 saturated heterocycles. The summed E-state index contributed by atoms with van der Waals surface area (Å²) >= 11 is 1.16. The number of nitrogens with two attached hydrogens (primary N) is 1. The maximum absolute atomic E-state index is 12.2. The quantitative estimate of drug-likeness (QED) is 0.896. The van der Waals surface area contributed by atoms with E-state index < -0.39 is 0 Å². The smallest absolute Gasteiger partial charge is 0.238 e. The van der Waals surface area contributed by atoms with Gasteiger partial charge in [0, 0.05) is 0 Å². The summed E-state index contributed by atoms with van der Waals surface area (Å²) in [6.45, 7) is 3.06. The first-order valence-electron chi connectivity index (χ1n) is 7.20. The largest absolute Gasteiger partial charge is 0.330 e. The van der Waals surface area contributed by atoms with Gasteiger partial charge in [0.15, 0.2) is 0 Å². The van der Waals surface area contributed by atoms with Gasteiger partial charge in [0.1, 0.15) is 11.4 Å². The molecule has 3 N–H and O–H groups in total. The van der Waals surface area contributed by atoms with Crippen molar-refractivity contribution in [3.05, 3.63) is 18.2 Å². The van der Waals surface area contributed by atoms with Crippen LogP contribution in [0.3, 0.4) is 0 Å². The highest BCUT2D eigenvalue weighted by molar-refractivity contribution is 7.58. The van der Waals surface area contributed by atoms with E-state index >= 15 is 0 Å². The van der Waals surface area contributed by atoms with Crippen molar-refractivity contribution in [1.82, 2.24) is 4.90 Å². The number of carbonyl (C=O) groups excluding carboxylic acids is 1. The lowest BCUT2D eigenvalue weighted by molar-refractivity contribution is -0.117. The summed E-state index contributed by atoms with van der Waals surface area (Å²) in [4.78, 5) is 14.4. The van der Waals surface area contributed by atoms with E-state index in [1.807, 2.05) is 18.2 Å². The second-order valence-corrected chi connectivity index (χ2v) is 5.97. The van der Waals surface area contributed by atoms with E-state index in [2.05, 4.69) is 18.9 Å². The number of hydrogen-bond donors (Lipinski definition) is 2. The third-order valence-corrected chi connectivity index (χ3v) is 4.51. The summed E-state index contributed by atoms with van der Waals surface area (Å²) in [7, 11) is 0. The van der Waals surface area contributed by atoms with Crippen LogP contribution >= 0.6 is 12.4 Å². The first kappa shape index (κ1) is 17.1. The summed E-state index contributed by atoms with van der Waals surface area (Å²) in [5.74, 6) is 0.612. The fourth-order valence-electron chi connectivity index (χ4n) is 2.68. The maximum atomic E-state index is 12.2. The van der Waals surface area contributed by atoms with Gasteiger partial charge in [0.25, 0.3) is 0 Å². The van der Waals surface area contributed by atoms with Crippen LogP contribution in [0.4, 0.5) is 17.1 Å². The number of benzene rings is 1. The third kappa shape index (κ3) is 3.92. The van der Waals surface area contributed by atoms with Crippen molar-refractivity contribution in [3.63, 3.8) is 0 Å². The minimum absolute atomic E-state index is 0. The Morgan fingerprint density at radius 2 is 2.14 bits per heavy atom. The summed E-state index contributed by atoms with van der Waals surface area (Å²) in [6, 6.07) is 5.64. The minimum Gasteiger partial charge on any atom is -0.330 e. The highest BCUT2D eigenvalue weighted by Crippen LogP contribution is 2.38. The van der Waals surface area contributed by atoms with E-state index in [0.717, 1.165) is 60.9 Å². The van der Waals surface area contributed by atoms with Gasteiger partial charge >= 0.3 is 0 Å². The Morgan fingerprint density at radius 1 is 1.36 bits per heavy atom. The molecule has 1 aromatic rings. The average molecular weight is 342 g/mol. The van der Waals surface area contributed by atoms with Gasteiger partial charge in [-0.15, -0.1) is 12.4 Å². The fourth-order valence-corrected chi connectivity index (χ4v) is 3.23. The summed E-state index contributed by atoms with van der Waals surface area (Å²) in [5.41, 5.74) is 8.01. The number of hydrogen-bond acceptors (Lipinski definition) is 5. The molecule has 2 aliphatic heterocycles. The average Bonchev–Trinajstić information content (AvgIpc) is 2.97. The van der Waals surface area contributed by atoms with Crippen LogP contribution in [-0.4, -0.2) is 37.0 Å². The second kappa shape index (κ2) is 7.82. The summed E-state index contributed by atoms with van der Waals surface area (Å²) < 4.78 is 8.40. The number of fused-ring (bicyclic) bond motifs is 1. The van der Waals surface area contributed by atoms with Gasteiger partial charge in [-0.25, -0.2) is 0 Å². The number of piperidine rings is 1. The van der Waals surface area contributed by atoms with Crippen LogP contribution in [0.25, 0.3) is 0 Å². The Bertz CT molecular complexity index is 609. The number of anilines is 1. The molecule has 120 valence electrons. The van der Waals surface area contributed by atoms with E-state index in [9.17, 15) is 4.79 Å². The number of carbonyl (C=O) groups is 1.